The van der Waals surface area contributed by atoms with E-state index in [0.29, 0.717) is 5.92 Å². The van der Waals surface area contributed by atoms with Crippen molar-refractivity contribution in [3.8, 4) is 0 Å². The monoisotopic (exact) mass is 256 g/mol. The van der Waals surface area contributed by atoms with E-state index in [-0.39, 0.29) is 11.9 Å². The maximum atomic E-state index is 12.0. The van der Waals surface area contributed by atoms with Gasteiger partial charge in [0.05, 0.1) is 0 Å². The number of hydrogen-bond acceptors (Lipinski definition) is 2. The van der Waals surface area contributed by atoms with Crippen molar-refractivity contribution in [2.24, 2.45) is 11.8 Å². The van der Waals surface area contributed by atoms with Crippen molar-refractivity contribution in [1.29, 1.82) is 0 Å². The van der Waals surface area contributed by atoms with Crippen molar-refractivity contribution in [1.82, 2.24) is 10.2 Å². The molecule has 2 N–H and O–H groups in total. The molecule has 5 heteroatoms. The molecule has 2 unspecified atom stereocenters. The second-order valence-electron chi connectivity index (χ2n) is 5.34. The summed E-state index contributed by atoms with van der Waals surface area (Å²) >= 11 is 0. The van der Waals surface area contributed by atoms with E-state index in [2.05, 4.69) is 12.2 Å². The molecule has 1 aliphatic heterocycles. The molecule has 0 aromatic heterocycles. The fourth-order valence-electron chi connectivity index (χ4n) is 2.28. The molecule has 0 saturated carbocycles. The Labute approximate surface area is 109 Å². The molecule has 1 fully saturated rings. The summed E-state index contributed by atoms with van der Waals surface area (Å²) in [5, 5.41) is 11.8. The summed E-state index contributed by atoms with van der Waals surface area (Å²) in [4.78, 5) is 24.9. The lowest BCUT2D eigenvalue weighted by Crippen LogP contribution is -2.52. The molecule has 0 bridgehead atoms. The van der Waals surface area contributed by atoms with Crippen LogP contribution in [0.25, 0.3) is 0 Å². The third kappa shape index (κ3) is 3.89. The van der Waals surface area contributed by atoms with Gasteiger partial charge in [0.25, 0.3) is 0 Å². The number of carboxylic acids is 1. The van der Waals surface area contributed by atoms with Crippen LogP contribution < -0.4 is 5.32 Å². The molecule has 5 nitrogen and oxygen atoms in total. The van der Waals surface area contributed by atoms with Crippen LogP contribution in [0.5, 0.6) is 0 Å². The van der Waals surface area contributed by atoms with Gasteiger partial charge in [-0.15, -0.1) is 0 Å². The molecule has 0 radical (unpaired) electrons. The highest BCUT2D eigenvalue weighted by Gasteiger charge is 2.28. The van der Waals surface area contributed by atoms with Crippen LogP contribution >= 0.6 is 0 Å². The van der Waals surface area contributed by atoms with Crippen LogP contribution in [-0.2, 0) is 4.79 Å². The number of rotatable bonds is 4. The van der Waals surface area contributed by atoms with Gasteiger partial charge in [-0.1, -0.05) is 27.2 Å². The lowest BCUT2D eigenvalue weighted by atomic mass is 9.99. The molecule has 1 heterocycles. The third-order valence-corrected chi connectivity index (χ3v) is 3.70. The van der Waals surface area contributed by atoms with Gasteiger partial charge >= 0.3 is 12.0 Å². The number of nitrogens with zero attached hydrogens (tertiary/aromatic N) is 1. The number of aliphatic carboxylic acids is 1. The largest absolute Gasteiger partial charge is 0.480 e. The van der Waals surface area contributed by atoms with Crippen molar-refractivity contribution < 1.29 is 14.7 Å². The van der Waals surface area contributed by atoms with Gasteiger partial charge in [0.1, 0.15) is 6.04 Å². The van der Waals surface area contributed by atoms with Gasteiger partial charge in [-0.2, -0.15) is 0 Å². The first-order chi connectivity index (χ1) is 8.45. The number of piperidine rings is 1. The minimum Gasteiger partial charge on any atom is -0.480 e. The average Bonchev–Trinajstić information content (AvgIpc) is 2.34. The molecule has 2 amide bonds. The Balaban J connectivity index is 2.58. The number of urea groups is 1. The summed E-state index contributed by atoms with van der Waals surface area (Å²) < 4.78 is 0. The first-order valence-corrected chi connectivity index (χ1v) is 6.74. The highest BCUT2D eigenvalue weighted by molar-refractivity contribution is 5.82. The summed E-state index contributed by atoms with van der Waals surface area (Å²) in [5.41, 5.74) is 0. The number of likely N-dealkylation sites (tertiary alicyclic amines) is 1. The zero-order valence-corrected chi connectivity index (χ0v) is 11.5. The molecule has 3 atom stereocenters. The molecular weight excluding hydrogens is 232 g/mol. The predicted molar refractivity (Wildman–Crippen MR) is 69.4 cm³/mol. The molecule has 0 aliphatic carbocycles. The van der Waals surface area contributed by atoms with Crippen molar-refractivity contribution in [3.05, 3.63) is 0 Å². The van der Waals surface area contributed by atoms with E-state index >= 15 is 0 Å². The van der Waals surface area contributed by atoms with E-state index in [1.165, 1.54) is 0 Å². The number of amides is 2. The van der Waals surface area contributed by atoms with E-state index < -0.39 is 12.0 Å². The average molecular weight is 256 g/mol. The lowest BCUT2D eigenvalue weighted by Gasteiger charge is -2.32. The molecule has 1 rings (SSSR count). The number of carbonyl (C=O) groups is 2. The normalized spacial score (nSPS) is 23.3. The number of carboxylic acid groups (broad SMARTS) is 1. The highest BCUT2D eigenvalue weighted by Crippen LogP contribution is 2.16. The van der Waals surface area contributed by atoms with Gasteiger partial charge in [0.15, 0.2) is 0 Å². The molecule has 0 aromatic rings. The Hall–Kier alpha value is -1.26. The fourth-order valence-corrected chi connectivity index (χ4v) is 2.28. The Morgan fingerprint density at radius 3 is 2.67 bits per heavy atom. The van der Waals surface area contributed by atoms with E-state index in [1.54, 1.807) is 4.90 Å². The fraction of sp³-hybridized carbons (Fsp3) is 0.846. The first-order valence-electron chi connectivity index (χ1n) is 6.74. The Morgan fingerprint density at radius 1 is 1.50 bits per heavy atom. The molecule has 0 spiro atoms. The third-order valence-electron chi connectivity index (χ3n) is 3.70. The van der Waals surface area contributed by atoms with Crippen molar-refractivity contribution in [3.63, 3.8) is 0 Å². The zero-order valence-electron chi connectivity index (χ0n) is 11.5. The minimum absolute atomic E-state index is 0.0614. The van der Waals surface area contributed by atoms with Crippen molar-refractivity contribution >= 4 is 12.0 Å². The van der Waals surface area contributed by atoms with Crippen LogP contribution in [0, 0.1) is 11.8 Å². The Morgan fingerprint density at radius 2 is 2.17 bits per heavy atom. The smallest absolute Gasteiger partial charge is 0.326 e. The topological polar surface area (TPSA) is 69.6 Å². The van der Waals surface area contributed by atoms with Crippen molar-refractivity contribution in [2.45, 2.75) is 46.1 Å². The molecule has 1 aliphatic rings. The summed E-state index contributed by atoms with van der Waals surface area (Å²) in [7, 11) is 0. The van der Waals surface area contributed by atoms with Gasteiger partial charge < -0.3 is 15.3 Å². The highest BCUT2D eigenvalue weighted by atomic mass is 16.4. The Bertz CT molecular complexity index is 307. The molecule has 1 saturated heterocycles. The van der Waals surface area contributed by atoms with Gasteiger partial charge in [-0.05, 0) is 24.7 Å². The lowest BCUT2D eigenvalue weighted by molar-refractivity contribution is -0.140. The standard InChI is InChI=1S/C13H24N2O3/c1-4-10(3)11(12(16)17)14-13(18)15-7-5-6-9(2)8-15/h9-11H,4-8H2,1-3H3,(H,14,18)(H,16,17)/t9?,10?,11-/m0/s1. The van der Waals surface area contributed by atoms with E-state index in [4.69, 9.17) is 5.11 Å². The summed E-state index contributed by atoms with van der Waals surface area (Å²) in [5.74, 6) is -0.521. The van der Waals surface area contributed by atoms with Crippen LogP contribution in [0.2, 0.25) is 0 Å². The van der Waals surface area contributed by atoms with E-state index in [9.17, 15) is 9.59 Å². The summed E-state index contributed by atoms with van der Waals surface area (Å²) in [6, 6.07) is -1.03. The quantitative estimate of drug-likeness (QED) is 0.807. The Kier molecular flexibility index (Phi) is 5.44. The molecule has 18 heavy (non-hydrogen) atoms. The van der Waals surface area contributed by atoms with Gasteiger partial charge in [0.2, 0.25) is 0 Å². The van der Waals surface area contributed by atoms with Crippen LogP contribution in [0.1, 0.15) is 40.0 Å². The van der Waals surface area contributed by atoms with Gasteiger partial charge in [-0.25, -0.2) is 9.59 Å². The maximum Gasteiger partial charge on any atom is 0.326 e. The van der Waals surface area contributed by atoms with Crippen LogP contribution in [-0.4, -0.2) is 41.1 Å². The predicted octanol–water partition coefficient (Wildman–Crippen LogP) is 1.93. The number of nitrogens with one attached hydrogen (secondary N) is 1. The minimum atomic E-state index is -0.956. The number of carbonyl (C=O) groups excluding carboxylic acids is 1. The van der Waals surface area contributed by atoms with Gasteiger partial charge in [-0.3, -0.25) is 0 Å². The molecule has 0 aromatic carbocycles. The van der Waals surface area contributed by atoms with Crippen LogP contribution in [0.3, 0.4) is 0 Å². The van der Waals surface area contributed by atoms with E-state index in [1.807, 2.05) is 13.8 Å². The number of hydrogen-bond donors (Lipinski definition) is 2. The SMILES string of the molecule is CCC(C)[C@H](NC(=O)N1CCCC(C)C1)C(=O)O. The summed E-state index contributed by atoms with van der Waals surface area (Å²) in [6.07, 6.45) is 2.86. The maximum absolute atomic E-state index is 12.0. The summed E-state index contributed by atoms with van der Waals surface area (Å²) in [6.45, 7) is 7.33. The first kappa shape index (κ1) is 14.8. The van der Waals surface area contributed by atoms with Crippen LogP contribution in [0.15, 0.2) is 0 Å². The van der Waals surface area contributed by atoms with Crippen molar-refractivity contribution in [2.75, 3.05) is 13.1 Å². The van der Waals surface area contributed by atoms with Crippen LogP contribution in [0.4, 0.5) is 4.79 Å². The zero-order chi connectivity index (χ0) is 13.7. The van der Waals surface area contributed by atoms with E-state index in [0.717, 1.165) is 32.4 Å². The molecule has 104 valence electrons. The second-order valence-corrected chi connectivity index (χ2v) is 5.34. The van der Waals surface area contributed by atoms with Gasteiger partial charge in [0, 0.05) is 13.1 Å². The molecular formula is C13H24N2O3. The second kappa shape index (κ2) is 6.61.